The maximum Gasteiger partial charge on any atom is 0.323 e. The lowest BCUT2D eigenvalue weighted by Gasteiger charge is -2.27. The Morgan fingerprint density at radius 1 is 0.889 bits per heavy atom. The molecule has 0 spiro atoms. The van der Waals surface area contributed by atoms with E-state index in [2.05, 4.69) is 40.0 Å². The van der Waals surface area contributed by atoms with Gasteiger partial charge in [0.25, 0.3) is 0 Å². The van der Waals surface area contributed by atoms with Crippen molar-refractivity contribution in [2.45, 2.75) is 39.3 Å². The van der Waals surface area contributed by atoms with Crippen molar-refractivity contribution in [1.29, 1.82) is 0 Å². The fourth-order valence-electron chi connectivity index (χ4n) is 4.81. The number of aromatic nitrogens is 2. The van der Waals surface area contributed by atoms with Crippen LogP contribution < -0.4 is 23.7 Å². The molecule has 2 aromatic carbocycles. The Morgan fingerprint density at radius 2 is 1.61 bits per heavy atom. The van der Waals surface area contributed by atoms with Gasteiger partial charge >= 0.3 is 6.01 Å². The van der Waals surface area contributed by atoms with Crippen molar-refractivity contribution in [2.75, 3.05) is 40.5 Å². The first kappa shape index (κ1) is 24.2. The summed E-state index contributed by atoms with van der Waals surface area (Å²) in [7, 11) is 3.23. The monoisotopic (exact) mass is 491 g/mol. The van der Waals surface area contributed by atoms with Crippen molar-refractivity contribution in [3.63, 3.8) is 0 Å². The number of benzene rings is 2. The van der Waals surface area contributed by atoms with Gasteiger partial charge in [0.15, 0.2) is 11.5 Å². The maximum absolute atomic E-state index is 6.04. The minimum Gasteiger partial charge on any atom is -0.486 e. The number of fused-ring (bicyclic) bond motifs is 1. The number of likely N-dealkylation sites (tertiary alicyclic amines) is 1. The molecule has 0 amide bonds. The van der Waals surface area contributed by atoms with Crippen molar-refractivity contribution >= 4 is 0 Å². The van der Waals surface area contributed by atoms with Crippen LogP contribution in [0.2, 0.25) is 0 Å². The molecule has 0 saturated carbocycles. The molecule has 1 fully saturated rings. The fraction of sp³-hybridized carbons (Fsp3) is 0.429. The largest absolute Gasteiger partial charge is 0.486 e. The Hall–Kier alpha value is -3.52. The van der Waals surface area contributed by atoms with Crippen LogP contribution in [0, 0.1) is 6.92 Å². The van der Waals surface area contributed by atoms with Crippen LogP contribution in [0.1, 0.15) is 36.0 Å². The molecular formula is C28H33N3O5. The lowest BCUT2D eigenvalue weighted by atomic mass is 9.96. The first-order valence-electron chi connectivity index (χ1n) is 12.5. The standard InChI is InChI=1S/C28H33N3O5/c1-19-21(8-7-9-22(19)20-10-11-24-25(16-20)35-15-14-34-24)18-36-28-29-26(32-2)23(27(30-28)33-3)17-31-12-5-4-6-13-31/h7-11,16H,4-6,12-15,17-18H2,1-3H3. The number of hydrogen-bond acceptors (Lipinski definition) is 8. The van der Waals surface area contributed by atoms with E-state index in [1.807, 2.05) is 18.2 Å². The van der Waals surface area contributed by atoms with Gasteiger partial charge in [-0.2, -0.15) is 9.97 Å². The molecule has 2 aliphatic rings. The topological polar surface area (TPSA) is 75.2 Å². The Bertz CT molecular complexity index is 1180. The average molecular weight is 492 g/mol. The second kappa shape index (κ2) is 11.0. The van der Waals surface area contributed by atoms with Crippen LogP contribution in [0.4, 0.5) is 0 Å². The van der Waals surface area contributed by atoms with Gasteiger partial charge in [-0.1, -0.05) is 30.7 Å². The molecule has 3 heterocycles. The Kier molecular flexibility index (Phi) is 7.41. The number of rotatable bonds is 8. The van der Waals surface area contributed by atoms with Gasteiger partial charge in [0.05, 0.1) is 19.8 Å². The average Bonchev–Trinajstić information content (AvgIpc) is 2.93. The molecule has 36 heavy (non-hydrogen) atoms. The lowest BCUT2D eigenvalue weighted by molar-refractivity contribution is 0.171. The summed E-state index contributed by atoms with van der Waals surface area (Å²) in [6, 6.07) is 12.5. The van der Waals surface area contributed by atoms with E-state index < -0.39 is 0 Å². The Labute approximate surface area is 212 Å². The molecule has 8 heteroatoms. The van der Waals surface area contributed by atoms with Crippen LogP contribution in [0.25, 0.3) is 11.1 Å². The molecule has 0 radical (unpaired) electrons. The Balaban J connectivity index is 1.35. The molecule has 1 aromatic heterocycles. The Morgan fingerprint density at radius 3 is 2.33 bits per heavy atom. The molecular weight excluding hydrogens is 458 g/mol. The number of methoxy groups -OCH3 is 2. The summed E-state index contributed by atoms with van der Waals surface area (Å²) < 4.78 is 28.7. The third-order valence-corrected chi connectivity index (χ3v) is 6.78. The zero-order valence-electron chi connectivity index (χ0n) is 21.2. The first-order chi connectivity index (χ1) is 17.7. The number of piperidine rings is 1. The van der Waals surface area contributed by atoms with Gasteiger partial charge in [0.1, 0.15) is 19.8 Å². The summed E-state index contributed by atoms with van der Waals surface area (Å²) in [5.41, 5.74) is 5.20. The minimum atomic E-state index is 0.232. The normalized spacial score (nSPS) is 15.4. The molecule has 0 N–H and O–H groups in total. The van der Waals surface area contributed by atoms with Crippen molar-refractivity contribution < 1.29 is 23.7 Å². The molecule has 0 aliphatic carbocycles. The van der Waals surface area contributed by atoms with E-state index in [-0.39, 0.29) is 6.01 Å². The van der Waals surface area contributed by atoms with Crippen molar-refractivity contribution in [3.05, 3.63) is 53.1 Å². The van der Waals surface area contributed by atoms with Crippen molar-refractivity contribution in [3.8, 4) is 40.4 Å². The maximum atomic E-state index is 6.04. The predicted octanol–water partition coefficient (Wildman–Crippen LogP) is 4.81. The molecule has 0 unspecified atom stereocenters. The van der Waals surface area contributed by atoms with Gasteiger partial charge in [-0.25, -0.2) is 0 Å². The molecule has 190 valence electrons. The van der Waals surface area contributed by atoms with E-state index in [1.54, 1.807) is 14.2 Å². The summed E-state index contributed by atoms with van der Waals surface area (Å²) >= 11 is 0. The van der Waals surface area contributed by atoms with Crippen LogP contribution >= 0.6 is 0 Å². The van der Waals surface area contributed by atoms with Gasteiger partial charge in [0, 0.05) is 6.54 Å². The highest BCUT2D eigenvalue weighted by molar-refractivity contribution is 5.71. The molecule has 0 atom stereocenters. The number of ether oxygens (including phenoxy) is 5. The molecule has 5 rings (SSSR count). The van der Waals surface area contributed by atoms with Crippen LogP contribution in [0.15, 0.2) is 36.4 Å². The highest BCUT2D eigenvalue weighted by Gasteiger charge is 2.21. The van der Waals surface area contributed by atoms with E-state index in [0.717, 1.165) is 52.4 Å². The SMILES string of the molecule is COc1nc(OCc2cccc(-c3ccc4c(c3)OCCO4)c2C)nc(OC)c1CN1CCCCC1. The van der Waals surface area contributed by atoms with Crippen molar-refractivity contribution in [1.82, 2.24) is 14.9 Å². The number of nitrogens with zero attached hydrogens (tertiary/aromatic N) is 3. The predicted molar refractivity (Wildman–Crippen MR) is 136 cm³/mol. The summed E-state index contributed by atoms with van der Waals surface area (Å²) in [5, 5.41) is 0. The van der Waals surface area contributed by atoms with Crippen LogP contribution in [-0.4, -0.2) is 55.4 Å². The minimum absolute atomic E-state index is 0.232. The van der Waals surface area contributed by atoms with Gasteiger partial charge in [-0.05, 0) is 67.2 Å². The fourth-order valence-corrected chi connectivity index (χ4v) is 4.81. The van der Waals surface area contributed by atoms with E-state index in [0.29, 0.717) is 38.1 Å². The highest BCUT2D eigenvalue weighted by atomic mass is 16.6. The molecule has 8 nitrogen and oxygen atoms in total. The quantitative estimate of drug-likeness (QED) is 0.445. The molecule has 2 aliphatic heterocycles. The van der Waals surface area contributed by atoms with Gasteiger partial charge < -0.3 is 23.7 Å². The molecule has 1 saturated heterocycles. The smallest absolute Gasteiger partial charge is 0.323 e. The number of hydrogen-bond donors (Lipinski definition) is 0. The van der Waals surface area contributed by atoms with Gasteiger partial charge in [-0.3, -0.25) is 4.90 Å². The molecule has 3 aromatic rings. The second-order valence-electron chi connectivity index (χ2n) is 9.08. The summed E-state index contributed by atoms with van der Waals surface area (Å²) in [6.45, 7) is 6.37. The summed E-state index contributed by atoms with van der Waals surface area (Å²) in [5.74, 6) is 2.54. The lowest BCUT2D eigenvalue weighted by Crippen LogP contribution is -2.29. The van der Waals surface area contributed by atoms with Crippen LogP contribution in [0.3, 0.4) is 0 Å². The first-order valence-corrected chi connectivity index (χ1v) is 12.5. The second-order valence-corrected chi connectivity index (χ2v) is 9.08. The van der Waals surface area contributed by atoms with Gasteiger partial charge in [0.2, 0.25) is 11.8 Å². The van der Waals surface area contributed by atoms with Gasteiger partial charge in [-0.15, -0.1) is 0 Å². The summed E-state index contributed by atoms with van der Waals surface area (Å²) in [4.78, 5) is 11.5. The zero-order chi connectivity index (χ0) is 24.9. The van der Waals surface area contributed by atoms with E-state index in [9.17, 15) is 0 Å². The van der Waals surface area contributed by atoms with E-state index in [4.69, 9.17) is 23.7 Å². The van der Waals surface area contributed by atoms with Crippen molar-refractivity contribution in [2.24, 2.45) is 0 Å². The van der Waals surface area contributed by atoms with Crippen LogP contribution in [0.5, 0.6) is 29.3 Å². The summed E-state index contributed by atoms with van der Waals surface area (Å²) in [6.07, 6.45) is 3.69. The zero-order valence-corrected chi connectivity index (χ0v) is 21.2. The van der Waals surface area contributed by atoms with Crippen LogP contribution in [-0.2, 0) is 13.2 Å². The third kappa shape index (κ3) is 5.18. The van der Waals surface area contributed by atoms with E-state index >= 15 is 0 Å². The highest BCUT2D eigenvalue weighted by Crippen LogP contribution is 2.36. The third-order valence-electron chi connectivity index (χ3n) is 6.78. The van der Waals surface area contributed by atoms with E-state index in [1.165, 1.54) is 19.3 Å². The molecule has 0 bridgehead atoms.